The van der Waals surface area contributed by atoms with E-state index < -0.39 is 0 Å². The number of aromatic nitrogens is 4. The first-order valence-electron chi connectivity index (χ1n) is 9.04. The summed E-state index contributed by atoms with van der Waals surface area (Å²) in [5.41, 5.74) is 0.807. The SMILES string of the molecule is O=C(Cn1nnc(-c2ccc(Cl)cc2)n1)N(Cc1ccco1)C1CCCC1. The molecule has 1 fully saturated rings. The van der Waals surface area contributed by atoms with Crippen molar-refractivity contribution in [2.75, 3.05) is 0 Å². The van der Waals surface area contributed by atoms with Gasteiger partial charge < -0.3 is 9.32 Å². The van der Waals surface area contributed by atoms with Crippen molar-refractivity contribution < 1.29 is 9.21 Å². The molecule has 0 unspecified atom stereocenters. The van der Waals surface area contributed by atoms with Crippen LogP contribution in [-0.2, 0) is 17.9 Å². The predicted molar refractivity (Wildman–Crippen MR) is 99.8 cm³/mol. The maximum atomic E-state index is 13.0. The zero-order valence-electron chi connectivity index (χ0n) is 14.8. The lowest BCUT2D eigenvalue weighted by Crippen LogP contribution is -2.40. The second-order valence-corrected chi connectivity index (χ2v) is 7.13. The van der Waals surface area contributed by atoms with Gasteiger partial charge in [-0.05, 0) is 54.5 Å². The molecular formula is C19H20ClN5O2. The highest BCUT2D eigenvalue weighted by Gasteiger charge is 2.28. The number of furan rings is 1. The molecule has 0 spiro atoms. The largest absolute Gasteiger partial charge is 0.467 e. The Kier molecular flexibility index (Phi) is 5.20. The molecule has 0 N–H and O–H groups in total. The van der Waals surface area contributed by atoms with Crippen LogP contribution in [0.25, 0.3) is 11.4 Å². The molecule has 0 aliphatic heterocycles. The van der Waals surface area contributed by atoms with Crippen molar-refractivity contribution in [2.45, 2.75) is 44.8 Å². The summed E-state index contributed by atoms with van der Waals surface area (Å²) in [5, 5.41) is 13.1. The number of amides is 1. The number of nitrogens with zero attached hydrogens (tertiary/aromatic N) is 5. The molecule has 0 atom stereocenters. The van der Waals surface area contributed by atoms with E-state index in [9.17, 15) is 4.79 Å². The van der Waals surface area contributed by atoms with Crippen LogP contribution in [0.3, 0.4) is 0 Å². The van der Waals surface area contributed by atoms with Crippen molar-refractivity contribution in [3.05, 3.63) is 53.4 Å². The monoisotopic (exact) mass is 385 g/mol. The Labute approximate surface area is 161 Å². The molecule has 8 heteroatoms. The summed E-state index contributed by atoms with van der Waals surface area (Å²) in [6.07, 6.45) is 5.97. The standard InChI is InChI=1S/C19H20ClN5O2/c20-15-9-7-14(8-10-15)19-21-23-25(22-19)13-18(26)24(16-4-1-2-5-16)12-17-6-3-11-27-17/h3,6-11,16H,1-2,4-5,12-13H2. The molecule has 1 saturated carbocycles. The molecule has 2 aromatic heterocycles. The Morgan fingerprint density at radius 2 is 2.00 bits per heavy atom. The molecule has 0 radical (unpaired) electrons. The van der Waals surface area contributed by atoms with Crippen molar-refractivity contribution in [3.8, 4) is 11.4 Å². The van der Waals surface area contributed by atoms with E-state index >= 15 is 0 Å². The van der Waals surface area contributed by atoms with Crippen molar-refractivity contribution in [3.63, 3.8) is 0 Å². The van der Waals surface area contributed by atoms with E-state index in [2.05, 4.69) is 15.4 Å². The van der Waals surface area contributed by atoms with Crippen molar-refractivity contribution in [1.82, 2.24) is 25.1 Å². The van der Waals surface area contributed by atoms with Crippen LogP contribution in [0, 0.1) is 0 Å². The number of carbonyl (C=O) groups is 1. The third-order valence-electron chi connectivity index (χ3n) is 4.82. The Balaban J connectivity index is 1.48. The van der Waals surface area contributed by atoms with Crippen LogP contribution in [0.5, 0.6) is 0 Å². The van der Waals surface area contributed by atoms with E-state index in [0.717, 1.165) is 37.0 Å². The lowest BCUT2D eigenvalue weighted by atomic mass is 10.2. The van der Waals surface area contributed by atoms with Gasteiger partial charge in [0.05, 0.1) is 12.8 Å². The fraction of sp³-hybridized carbons (Fsp3) is 0.368. The number of hydrogen-bond acceptors (Lipinski definition) is 5. The minimum absolute atomic E-state index is 0.0293. The van der Waals surface area contributed by atoms with Gasteiger partial charge in [-0.1, -0.05) is 24.4 Å². The Bertz CT molecular complexity index is 885. The van der Waals surface area contributed by atoms with Gasteiger partial charge in [0, 0.05) is 16.6 Å². The van der Waals surface area contributed by atoms with Crippen LogP contribution in [0.2, 0.25) is 5.02 Å². The molecule has 4 rings (SSSR count). The number of benzene rings is 1. The maximum absolute atomic E-state index is 13.0. The number of tetrazole rings is 1. The van der Waals surface area contributed by atoms with Gasteiger partial charge in [-0.3, -0.25) is 4.79 Å². The van der Waals surface area contributed by atoms with Gasteiger partial charge in [0.1, 0.15) is 12.3 Å². The van der Waals surface area contributed by atoms with Crippen LogP contribution in [-0.4, -0.2) is 37.1 Å². The molecule has 140 valence electrons. The van der Waals surface area contributed by atoms with Gasteiger partial charge in [-0.2, -0.15) is 4.80 Å². The average molecular weight is 386 g/mol. The van der Waals surface area contributed by atoms with E-state index in [1.807, 2.05) is 29.2 Å². The third-order valence-corrected chi connectivity index (χ3v) is 5.08. The second kappa shape index (κ2) is 7.92. The molecule has 1 amide bonds. The smallest absolute Gasteiger partial charge is 0.246 e. The predicted octanol–water partition coefficient (Wildman–Crippen LogP) is 3.56. The normalized spacial score (nSPS) is 14.6. The fourth-order valence-electron chi connectivity index (χ4n) is 3.44. The van der Waals surface area contributed by atoms with E-state index in [1.54, 1.807) is 18.4 Å². The van der Waals surface area contributed by atoms with Gasteiger partial charge in [0.2, 0.25) is 11.7 Å². The van der Waals surface area contributed by atoms with Crippen LogP contribution in [0.15, 0.2) is 47.1 Å². The van der Waals surface area contributed by atoms with Gasteiger partial charge in [0.15, 0.2) is 0 Å². The molecule has 2 heterocycles. The van der Waals surface area contributed by atoms with Gasteiger partial charge in [-0.15, -0.1) is 10.2 Å². The second-order valence-electron chi connectivity index (χ2n) is 6.69. The molecule has 27 heavy (non-hydrogen) atoms. The van der Waals surface area contributed by atoms with Crippen LogP contribution < -0.4 is 0 Å². The molecule has 3 aromatic rings. The van der Waals surface area contributed by atoms with E-state index in [-0.39, 0.29) is 18.5 Å². The first-order valence-corrected chi connectivity index (χ1v) is 9.42. The van der Waals surface area contributed by atoms with Crippen LogP contribution in [0.4, 0.5) is 0 Å². The van der Waals surface area contributed by atoms with Crippen molar-refractivity contribution in [1.29, 1.82) is 0 Å². The molecule has 1 aliphatic rings. The van der Waals surface area contributed by atoms with E-state index in [1.165, 1.54) is 4.80 Å². The fourth-order valence-corrected chi connectivity index (χ4v) is 3.57. The van der Waals surface area contributed by atoms with Gasteiger partial charge >= 0.3 is 0 Å². The van der Waals surface area contributed by atoms with E-state index in [0.29, 0.717) is 17.4 Å². The quantitative estimate of drug-likeness (QED) is 0.648. The summed E-state index contributed by atoms with van der Waals surface area (Å²) in [6, 6.07) is 11.2. The first kappa shape index (κ1) is 17.7. The lowest BCUT2D eigenvalue weighted by Gasteiger charge is -2.28. The van der Waals surface area contributed by atoms with Crippen LogP contribution in [0.1, 0.15) is 31.4 Å². The number of hydrogen-bond donors (Lipinski definition) is 0. The Morgan fingerprint density at radius 1 is 1.22 bits per heavy atom. The molecule has 0 bridgehead atoms. The average Bonchev–Trinajstić information content (AvgIpc) is 3.43. The van der Waals surface area contributed by atoms with Gasteiger partial charge in [-0.25, -0.2) is 0 Å². The Hall–Kier alpha value is -2.67. The molecule has 1 aromatic carbocycles. The maximum Gasteiger partial charge on any atom is 0.246 e. The summed E-state index contributed by atoms with van der Waals surface area (Å²) in [7, 11) is 0. The molecule has 0 saturated heterocycles. The highest BCUT2D eigenvalue weighted by molar-refractivity contribution is 6.30. The summed E-state index contributed by atoms with van der Waals surface area (Å²) < 4.78 is 5.44. The third kappa shape index (κ3) is 4.19. The van der Waals surface area contributed by atoms with Crippen molar-refractivity contribution in [2.24, 2.45) is 0 Å². The first-order chi connectivity index (χ1) is 13.2. The molecule has 7 nitrogen and oxygen atoms in total. The zero-order valence-corrected chi connectivity index (χ0v) is 15.5. The molecule has 1 aliphatic carbocycles. The highest BCUT2D eigenvalue weighted by atomic mass is 35.5. The lowest BCUT2D eigenvalue weighted by molar-refractivity contribution is -0.135. The number of rotatable bonds is 6. The van der Waals surface area contributed by atoms with E-state index in [4.69, 9.17) is 16.0 Å². The summed E-state index contributed by atoms with van der Waals surface area (Å²) in [4.78, 5) is 16.2. The van der Waals surface area contributed by atoms with Crippen LogP contribution >= 0.6 is 11.6 Å². The Morgan fingerprint density at radius 3 is 2.70 bits per heavy atom. The summed E-state index contributed by atoms with van der Waals surface area (Å²) in [5.74, 6) is 1.22. The number of carbonyl (C=O) groups excluding carboxylic acids is 1. The highest BCUT2D eigenvalue weighted by Crippen LogP contribution is 2.25. The minimum atomic E-state index is -0.0293. The molecular weight excluding hydrogens is 366 g/mol. The zero-order chi connectivity index (χ0) is 18.6. The summed E-state index contributed by atoms with van der Waals surface area (Å²) in [6.45, 7) is 0.521. The summed E-state index contributed by atoms with van der Waals surface area (Å²) >= 11 is 5.91. The minimum Gasteiger partial charge on any atom is -0.467 e. The topological polar surface area (TPSA) is 77.1 Å². The van der Waals surface area contributed by atoms with Gasteiger partial charge in [0.25, 0.3) is 0 Å². The number of halogens is 1. The van der Waals surface area contributed by atoms with Crippen molar-refractivity contribution >= 4 is 17.5 Å².